The Hall–Kier alpha value is -2.73. The van der Waals surface area contributed by atoms with Crippen LogP contribution in [0.2, 0.25) is 5.02 Å². The van der Waals surface area contributed by atoms with Crippen LogP contribution in [0.25, 0.3) is 0 Å². The zero-order chi connectivity index (χ0) is 20.5. The summed E-state index contributed by atoms with van der Waals surface area (Å²) in [5.74, 6) is 0.292. The van der Waals surface area contributed by atoms with E-state index in [1.54, 1.807) is 18.2 Å². The van der Waals surface area contributed by atoms with Crippen LogP contribution in [0.15, 0.2) is 42.5 Å². The first-order valence-corrected chi connectivity index (χ1v) is 9.26. The third-order valence-electron chi connectivity index (χ3n) is 3.74. The fourth-order valence-electron chi connectivity index (χ4n) is 2.27. The lowest BCUT2D eigenvalue weighted by Gasteiger charge is -2.13. The number of carbonyl (C=O) groups is 2. The summed E-state index contributed by atoms with van der Waals surface area (Å²) in [7, 11) is 1.49. The van der Waals surface area contributed by atoms with E-state index in [9.17, 15) is 9.59 Å². The van der Waals surface area contributed by atoms with Gasteiger partial charge < -0.3 is 19.5 Å². The van der Waals surface area contributed by atoms with Crippen molar-refractivity contribution >= 4 is 23.5 Å². The molecule has 2 aromatic rings. The van der Waals surface area contributed by atoms with Gasteiger partial charge in [0.15, 0.2) is 18.1 Å². The Bertz CT molecular complexity index is 822. The quantitative estimate of drug-likeness (QED) is 0.641. The molecule has 0 fully saturated rings. The van der Waals surface area contributed by atoms with Gasteiger partial charge in [-0.1, -0.05) is 43.6 Å². The Morgan fingerprint density at radius 2 is 1.86 bits per heavy atom. The SMILES string of the molecule is COc1cc(C(=O)OCC(=O)NCc2ccccc2Cl)ccc1OCC(C)C. The molecule has 2 rings (SSSR count). The first kappa shape index (κ1) is 21.6. The number of nitrogens with one attached hydrogen (secondary N) is 1. The first-order chi connectivity index (χ1) is 13.4. The maximum absolute atomic E-state index is 12.2. The van der Waals surface area contributed by atoms with Crippen LogP contribution in [0.3, 0.4) is 0 Å². The Balaban J connectivity index is 1.88. The van der Waals surface area contributed by atoms with Crippen molar-refractivity contribution in [3.8, 4) is 11.5 Å². The molecule has 0 atom stereocenters. The van der Waals surface area contributed by atoms with Crippen molar-refractivity contribution in [2.75, 3.05) is 20.3 Å². The second-order valence-electron chi connectivity index (χ2n) is 6.51. The van der Waals surface area contributed by atoms with E-state index in [0.717, 1.165) is 5.56 Å². The molecule has 0 saturated carbocycles. The molecule has 0 aromatic heterocycles. The molecule has 7 heteroatoms. The minimum absolute atomic E-state index is 0.256. The molecular formula is C21H24ClNO5. The lowest BCUT2D eigenvalue weighted by atomic mass is 10.2. The number of benzene rings is 2. The predicted octanol–water partition coefficient (Wildman–Crippen LogP) is 3.86. The fourth-order valence-corrected chi connectivity index (χ4v) is 2.47. The van der Waals surface area contributed by atoms with Crippen LogP contribution in [0.5, 0.6) is 11.5 Å². The van der Waals surface area contributed by atoms with Crippen molar-refractivity contribution in [3.05, 3.63) is 58.6 Å². The monoisotopic (exact) mass is 405 g/mol. The molecule has 0 aliphatic carbocycles. The summed E-state index contributed by atoms with van der Waals surface area (Å²) in [5, 5.41) is 3.22. The van der Waals surface area contributed by atoms with Crippen molar-refractivity contribution in [1.82, 2.24) is 5.32 Å². The van der Waals surface area contributed by atoms with Gasteiger partial charge in [-0.05, 0) is 35.7 Å². The standard InChI is InChI=1S/C21H24ClNO5/c1-14(2)12-27-18-9-8-15(10-19(18)26-3)21(25)28-13-20(24)23-11-16-6-4-5-7-17(16)22/h4-10,14H,11-13H2,1-3H3,(H,23,24). The van der Waals surface area contributed by atoms with Gasteiger partial charge in [0.1, 0.15) is 0 Å². The number of amides is 1. The van der Waals surface area contributed by atoms with E-state index in [2.05, 4.69) is 5.32 Å². The second-order valence-corrected chi connectivity index (χ2v) is 6.92. The average Bonchev–Trinajstić information content (AvgIpc) is 2.69. The molecule has 150 valence electrons. The maximum Gasteiger partial charge on any atom is 0.338 e. The van der Waals surface area contributed by atoms with Crippen LogP contribution < -0.4 is 14.8 Å². The first-order valence-electron chi connectivity index (χ1n) is 8.88. The van der Waals surface area contributed by atoms with E-state index in [0.29, 0.717) is 29.0 Å². The highest BCUT2D eigenvalue weighted by Gasteiger charge is 2.14. The molecule has 0 bridgehead atoms. The molecule has 1 N–H and O–H groups in total. The van der Waals surface area contributed by atoms with Gasteiger partial charge in [0.2, 0.25) is 0 Å². The fraction of sp³-hybridized carbons (Fsp3) is 0.333. The molecular weight excluding hydrogens is 382 g/mol. The summed E-state index contributed by atoms with van der Waals surface area (Å²) < 4.78 is 16.0. The number of carbonyl (C=O) groups excluding carboxylic acids is 2. The van der Waals surface area contributed by atoms with Crippen LogP contribution in [0.4, 0.5) is 0 Å². The largest absolute Gasteiger partial charge is 0.493 e. The molecule has 28 heavy (non-hydrogen) atoms. The summed E-state index contributed by atoms with van der Waals surface area (Å²) in [6.07, 6.45) is 0. The number of esters is 1. The molecule has 0 aliphatic rings. The van der Waals surface area contributed by atoms with E-state index in [1.165, 1.54) is 13.2 Å². The number of halogens is 1. The van der Waals surface area contributed by atoms with Gasteiger partial charge >= 0.3 is 5.97 Å². The molecule has 0 heterocycles. The van der Waals surface area contributed by atoms with Gasteiger partial charge in [0.05, 0.1) is 19.3 Å². The number of hydrogen-bond donors (Lipinski definition) is 1. The zero-order valence-electron chi connectivity index (χ0n) is 16.2. The minimum Gasteiger partial charge on any atom is -0.493 e. The predicted molar refractivity (Wildman–Crippen MR) is 107 cm³/mol. The van der Waals surface area contributed by atoms with Crippen LogP contribution in [0.1, 0.15) is 29.8 Å². The van der Waals surface area contributed by atoms with Gasteiger partial charge in [-0.15, -0.1) is 0 Å². The smallest absolute Gasteiger partial charge is 0.338 e. The third-order valence-corrected chi connectivity index (χ3v) is 4.11. The van der Waals surface area contributed by atoms with Crippen molar-refractivity contribution in [2.24, 2.45) is 5.92 Å². The van der Waals surface area contributed by atoms with Crippen LogP contribution in [-0.2, 0) is 16.1 Å². The molecule has 2 aromatic carbocycles. The van der Waals surface area contributed by atoms with E-state index >= 15 is 0 Å². The Morgan fingerprint density at radius 1 is 1.11 bits per heavy atom. The molecule has 6 nitrogen and oxygen atoms in total. The van der Waals surface area contributed by atoms with E-state index in [4.69, 9.17) is 25.8 Å². The Morgan fingerprint density at radius 3 is 2.54 bits per heavy atom. The van der Waals surface area contributed by atoms with Crippen molar-refractivity contribution in [2.45, 2.75) is 20.4 Å². The number of methoxy groups -OCH3 is 1. The summed E-state index contributed by atoms with van der Waals surface area (Å²) >= 11 is 6.04. The van der Waals surface area contributed by atoms with Crippen LogP contribution in [0, 0.1) is 5.92 Å². The van der Waals surface area contributed by atoms with Gasteiger partial charge in [-0.3, -0.25) is 4.79 Å². The Labute approximate surface area is 169 Å². The van der Waals surface area contributed by atoms with Crippen molar-refractivity contribution < 1.29 is 23.8 Å². The molecule has 0 unspecified atom stereocenters. The molecule has 0 spiro atoms. The number of hydrogen-bond acceptors (Lipinski definition) is 5. The summed E-state index contributed by atoms with van der Waals surface area (Å²) in [4.78, 5) is 24.1. The molecule has 0 aliphatic heterocycles. The lowest BCUT2D eigenvalue weighted by Crippen LogP contribution is -2.28. The highest BCUT2D eigenvalue weighted by atomic mass is 35.5. The lowest BCUT2D eigenvalue weighted by molar-refractivity contribution is -0.124. The normalized spacial score (nSPS) is 10.5. The summed E-state index contributed by atoms with van der Waals surface area (Å²) in [6.45, 7) is 4.47. The topological polar surface area (TPSA) is 73.9 Å². The van der Waals surface area contributed by atoms with E-state index in [1.807, 2.05) is 32.0 Å². The summed E-state index contributed by atoms with van der Waals surface area (Å²) in [6, 6.07) is 11.9. The maximum atomic E-state index is 12.2. The van der Waals surface area contributed by atoms with E-state index in [-0.39, 0.29) is 12.1 Å². The van der Waals surface area contributed by atoms with Crippen LogP contribution in [-0.4, -0.2) is 32.2 Å². The number of rotatable bonds is 9. The second kappa shape index (κ2) is 10.6. The van der Waals surface area contributed by atoms with Gasteiger partial charge in [0.25, 0.3) is 5.91 Å². The highest BCUT2D eigenvalue weighted by molar-refractivity contribution is 6.31. The average molecular weight is 406 g/mol. The summed E-state index contributed by atoms with van der Waals surface area (Å²) in [5.41, 5.74) is 1.05. The number of ether oxygens (including phenoxy) is 3. The van der Waals surface area contributed by atoms with E-state index < -0.39 is 18.5 Å². The minimum atomic E-state index is -0.624. The zero-order valence-corrected chi connectivity index (χ0v) is 16.9. The van der Waals surface area contributed by atoms with Crippen molar-refractivity contribution in [1.29, 1.82) is 0 Å². The Kier molecular flexibility index (Phi) is 8.14. The van der Waals surface area contributed by atoms with Gasteiger partial charge in [-0.2, -0.15) is 0 Å². The molecule has 0 radical (unpaired) electrons. The van der Waals surface area contributed by atoms with Gasteiger partial charge in [0, 0.05) is 11.6 Å². The third kappa shape index (κ3) is 6.46. The van der Waals surface area contributed by atoms with Crippen LogP contribution >= 0.6 is 11.6 Å². The molecule has 0 saturated heterocycles. The van der Waals surface area contributed by atoms with Crippen molar-refractivity contribution in [3.63, 3.8) is 0 Å². The molecule has 1 amide bonds. The highest BCUT2D eigenvalue weighted by Crippen LogP contribution is 2.28. The van der Waals surface area contributed by atoms with Gasteiger partial charge in [-0.25, -0.2) is 4.79 Å².